The highest BCUT2D eigenvalue weighted by molar-refractivity contribution is 7.19. The number of ether oxygens (including phenoxy) is 2. The molecule has 0 bridgehead atoms. The third-order valence-corrected chi connectivity index (χ3v) is 8.86. The minimum absolute atomic E-state index is 0.200. The highest BCUT2D eigenvalue weighted by atomic mass is 32.1. The number of rotatable bonds is 6. The Morgan fingerprint density at radius 3 is 2.77 bits per heavy atom. The molecule has 1 amide bonds. The maximum absolute atomic E-state index is 11.6. The summed E-state index contributed by atoms with van der Waals surface area (Å²) in [4.78, 5) is 25.7. The van der Waals surface area contributed by atoms with E-state index in [2.05, 4.69) is 24.1 Å². The number of primary amides is 1. The highest BCUT2D eigenvalue weighted by Crippen LogP contribution is 2.48. The Kier molecular flexibility index (Phi) is 6.42. The second-order valence-corrected chi connectivity index (χ2v) is 10.9. The van der Waals surface area contributed by atoms with Crippen LogP contribution in [0.5, 0.6) is 5.88 Å². The Morgan fingerprint density at radius 2 is 2.03 bits per heavy atom. The minimum atomic E-state index is -0.261. The smallest absolute Gasteiger partial charge is 0.225 e. The number of aryl methyl sites for hydroxylation is 1. The molecule has 5 rings (SSSR count). The molecule has 3 unspecified atom stereocenters. The maximum atomic E-state index is 11.6. The number of hydrogen-bond donors (Lipinski definition) is 1. The van der Waals surface area contributed by atoms with Crippen LogP contribution in [0.25, 0.3) is 10.2 Å². The molecule has 2 aromatic heterocycles. The molecule has 2 fully saturated rings. The predicted octanol–water partition coefficient (Wildman–Crippen LogP) is 2.86. The van der Waals surface area contributed by atoms with Crippen LogP contribution < -0.4 is 10.5 Å². The van der Waals surface area contributed by atoms with E-state index in [1.807, 2.05) is 0 Å². The standard InChI is InChI=1S/C22H31N4O3PS/c23-20(27)16(30)11-13-1-6-17-18(13)19-21(24-12-25-22(19)31-17)29-15-4-2-14(3-5-15)26-7-9-28-10-8-26/h12-16H,1-11,30H2,(H2,23,27). The molecule has 3 heterocycles. The number of morpholine rings is 1. The van der Waals surface area contributed by atoms with Crippen molar-refractivity contribution < 1.29 is 14.3 Å². The van der Waals surface area contributed by atoms with E-state index in [-0.39, 0.29) is 17.7 Å². The zero-order valence-corrected chi connectivity index (χ0v) is 19.8. The van der Waals surface area contributed by atoms with Crippen LogP contribution in [0.3, 0.4) is 0 Å². The van der Waals surface area contributed by atoms with E-state index in [0.717, 1.165) is 87.3 Å². The molecule has 7 nitrogen and oxygen atoms in total. The Bertz CT molecular complexity index is 940. The topological polar surface area (TPSA) is 90.6 Å². The molecule has 0 aromatic carbocycles. The van der Waals surface area contributed by atoms with Gasteiger partial charge in [-0.3, -0.25) is 9.69 Å². The van der Waals surface area contributed by atoms with Gasteiger partial charge in [0.05, 0.1) is 24.3 Å². The van der Waals surface area contributed by atoms with Gasteiger partial charge >= 0.3 is 0 Å². The highest BCUT2D eigenvalue weighted by Gasteiger charge is 2.33. The number of fused-ring (bicyclic) bond motifs is 3. The van der Waals surface area contributed by atoms with Crippen LogP contribution in [0.4, 0.5) is 0 Å². The van der Waals surface area contributed by atoms with E-state index in [0.29, 0.717) is 12.0 Å². The minimum Gasteiger partial charge on any atom is -0.474 e. The van der Waals surface area contributed by atoms with E-state index < -0.39 is 0 Å². The Hall–Kier alpha value is -1.34. The average Bonchev–Trinajstić information content (AvgIpc) is 3.35. The molecular formula is C22H31N4O3PS. The van der Waals surface area contributed by atoms with Crippen LogP contribution in [-0.4, -0.2) is 64.9 Å². The lowest BCUT2D eigenvalue weighted by molar-refractivity contribution is -0.117. The fourth-order valence-corrected chi connectivity index (χ4v) is 6.98. The van der Waals surface area contributed by atoms with Gasteiger partial charge in [-0.05, 0) is 56.4 Å². The fourth-order valence-electron chi connectivity index (χ4n) is 5.42. The zero-order valence-electron chi connectivity index (χ0n) is 17.8. The van der Waals surface area contributed by atoms with Crippen molar-refractivity contribution >= 4 is 36.7 Å². The molecule has 2 N–H and O–H groups in total. The van der Waals surface area contributed by atoms with Crippen molar-refractivity contribution in [2.75, 3.05) is 26.3 Å². The number of thiophene rings is 1. The van der Waals surface area contributed by atoms with Crippen molar-refractivity contribution in [1.29, 1.82) is 0 Å². The number of carbonyl (C=O) groups is 1. The second-order valence-electron chi connectivity index (χ2n) is 8.97. The average molecular weight is 463 g/mol. The quantitative estimate of drug-likeness (QED) is 0.664. The number of aromatic nitrogens is 2. The molecule has 2 aromatic rings. The molecule has 1 saturated heterocycles. The summed E-state index contributed by atoms with van der Waals surface area (Å²) in [6, 6.07) is 0.650. The Balaban J connectivity index is 1.31. The fraction of sp³-hybridized carbons (Fsp3) is 0.682. The summed E-state index contributed by atoms with van der Waals surface area (Å²) >= 11 is 1.75. The van der Waals surface area contributed by atoms with Crippen LogP contribution in [0.2, 0.25) is 0 Å². The second kappa shape index (κ2) is 9.26. The number of hydrogen-bond acceptors (Lipinski definition) is 7. The van der Waals surface area contributed by atoms with Crippen molar-refractivity contribution in [3.63, 3.8) is 0 Å². The SMILES string of the molecule is NC(=O)C(P)CC1CCc2sc3ncnc(OC4CCC(N5CCOCC5)CC4)c3c21. The molecule has 168 valence electrons. The number of nitrogens with two attached hydrogens (primary N) is 1. The molecule has 0 radical (unpaired) electrons. The summed E-state index contributed by atoms with van der Waals surface area (Å²) in [5, 5.41) is 1.07. The zero-order chi connectivity index (χ0) is 21.4. The number of amides is 1. The molecule has 31 heavy (non-hydrogen) atoms. The first-order valence-electron chi connectivity index (χ1n) is 11.4. The van der Waals surface area contributed by atoms with Gasteiger partial charge in [-0.25, -0.2) is 9.97 Å². The molecule has 1 aliphatic heterocycles. The van der Waals surface area contributed by atoms with E-state index in [9.17, 15) is 4.79 Å². The lowest BCUT2D eigenvalue weighted by atomic mass is 9.91. The first kappa shape index (κ1) is 21.5. The summed E-state index contributed by atoms with van der Waals surface area (Å²) in [7, 11) is 2.60. The maximum Gasteiger partial charge on any atom is 0.225 e. The molecule has 2 aliphatic carbocycles. The predicted molar refractivity (Wildman–Crippen MR) is 125 cm³/mol. The first-order valence-corrected chi connectivity index (χ1v) is 12.9. The lowest BCUT2D eigenvalue weighted by Crippen LogP contribution is -2.46. The van der Waals surface area contributed by atoms with Crippen molar-refractivity contribution in [3.8, 4) is 5.88 Å². The van der Waals surface area contributed by atoms with Crippen molar-refractivity contribution in [2.45, 2.75) is 68.7 Å². The Labute approximate surface area is 189 Å². The van der Waals surface area contributed by atoms with E-state index in [1.165, 1.54) is 10.4 Å². The first-order chi connectivity index (χ1) is 15.1. The van der Waals surface area contributed by atoms with Crippen molar-refractivity contribution in [3.05, 3.63) is 16.8 Å². The van der Waals surface area contributed by atoms with Gasteiger partial charge in [-0.15, -0.1) is 20.6 Å². The molecule has 3 atom stereocenters. The lowest BCUT2D eigenvalue weighted by Gasteiger charge is -2.38. The summed E-state index contributed by atoms with van der Waals surface area (Å²) in [6.07, 6.45) is 9.09. The normalized spacial score (nSPS) is 27.8. The monoisotopic (exact) mass is 462 g/mol. The van der Waals surface area contributed by atoms with Gasteiger partial charge < -0.3 is 15.2 Å². The summed E-state index contributed by atoms with van der Waals surface area (Å²) in [6.45, 7) is 3.81. The third-order valence-electron chi connectivity index (χ3n) is 7.08. The summed E-state index contributed by atoms with van der Waals surface area (Å²) in [5.41, 5.74) is 6.61. The largest absolute Gasteiger partial charge is 0.474 e. The number of carbonyl (C=O) groups excluding carboxylic acids is 1. The summed E-state index contributed by atoms with van der Waals surface area (Å²) in [5.74, 6) is 0.774. The Morgan fingerprint density at radius 1 is 1.26 bits per heavy atom. The molecular weight excluding hydrogens is 431 g/mol. The molecule has 9 heteroatoms. The van der Waals surface area contributed by atoms with E-state index >= 15 is 0 Å². The van der Waals surface area contributed by atoms with E-state index in [4.69, 9.17) is 15.2 Å². The van der Waals surface area contributed by atoms with Crippen LogP contribution in [0, 0.1) is 0 Å². The van der Waals surface area contributed by atoms with Crippen molar-refractivity contribution in [1.82, 2.24) is 14.9 Å². The number of nitrogens with zero attached hydrogens (tertiary/aromatic N) is 3. The molecule has 0 spiro atoms. The van der Waals surface area contributed by atoms with Crippen LogP contribution in [0.15, 0.2) is 6.33 Å². The molecule has 1 saturated carbocycles. The van der Waals surface area contributed by atoms with Gasteiger partial charge in [0.25, 0.3) is 0 Å². The van der Waals surface area contributed by atoms with Gasteiger partial charge in [0.2, 0.25) is 11.8 Å². The van der Waals surface area contributed by atoms with Gasteiger partial charge in [0, 0.05) is 24.0 Å². The van der Waals surface area contributed by atoms with Crippen molar-refractivity contribution in [2.24, 2.45) is 5.73 Å². The molecule has 3 aliphatic rings. The van der Waals surface area contributed by atoms with Crippen LogP contribution in [0.1, 0.15) is 54.9 Å². The summed E-state index contributed by atoms with van der Waals surface area (Å²) < 4.78 is 12.0. The van der Waals surface area contributed by atoms with Gasteiger partial charge in [-0.2, -0.15) is 0 Å². The van der Waals surface area contributed by atoms with Gasteiger partial charge in [0.1, 0.15) is 17.3 Å². The third kappa shape index (κ3) is 4.45. The van der Waals surface area contributed by atoms with Gasteiger partial charge in [0.15, 0.2) is 0 Å². The van der Waals surface area contributed by atoms with Gasteiger partial charge in [-0.1, -0.05) is 0 Å². The van der Waals surface area contributed by atoms with E-state index in [1.54, 1.807) is 17.7 Å². The van der Waals surface area contributed by atoms with Crippen LogP contribution >= 0.6 is 20.6 Å². The van der Waals surface area contributed by atoms with Crippen LogP contribution in [-0.2, 0) is 16.0 Å².